The fourth-order valence-corrected chi connectivity index (χ4v) is 3.36. The van der Waals surface area contributed by atoms with Gasteiger partial charge in [0.2, 0.25) is 5.91 Å². The van der Waals surface area contributed by atoms with Crippen molar-refractivity contribution in [3.8, 4) is 11.5 Å². The van der Waals surface area contributed by atoms with Crippen LogP contribution in [0.1, 0.15) is 53.2 Å². The number of alkyl halides is 3. The van der Waals surface area contributed by atoms with E-state index in [1.54, 1.807) is 0 Å². The minimum atomic E-state index is -4.68. The van der Waals surface area contributed by atoms with Crippen LogP contribution in [0.4, 0.5) is 13.2 Å². The molecule has 0 aliphatic heterocycles. The van der Waals surface area contributed by atoms with E-state index in [4.69, 9.17) is 4.74 Å². The van der Waals surface area contributed by atoms with E-state index < -0.39 is 35.0 Å². The number of H-pyrrole nitrogens is 1. The first kappa shape index (κ1) is 24.2. The maximum absolute atomic E-state index is 13.4. The summed E-state index contributed by atoms with van der Waals surface area (Å²) in [4.78, 5) is 28.9. The highest BCUT2D eigenvalue weighted by atomic mass is 19.4. The molecule has 3 aromatic rings. The molecule has 1 aliphatic carbocycles. The lowest BCUT2D eigenvalue weighted by atomic mass is 10.1. The number of nitrogens with zero attached hydrogens (tertiary/aromatic N) is 2. The zero-order valence-electron chi connectivity index (χ0n) is 18.5. The first-order valence-corrected chi connectivity index (χ1v) is 10.7. The van der Waals surface area contributed by atoms with Crippen molar-refractivity contribution in [3.05, 3.63) is 71.3 Å². The summed E-state index contributed by atoms with van der Waals surface area (Å²) in [5.41, 5.74) is -1.27. The Balaban J connectivity index is 1.37. The summed E-state index contributed by atoms with van der Waals surface area (Å²) in [5.74, 6) is -1.18. The van der Waals surface area contributed by atoms with Gasteiger partial charge in [0.25, 0.3) is 5.91 Å². The van der Waals surface area contributed by atoms with Crippen LogP contribution in [0.5, 0.6) is 11.5 Å². The van der Waals surface area contributed by atoms with Crippen LogP contribution in [-0.2, 0) is 17.5 Å². The highest BCUT2D eigenvalue weighted by molar-refractivity contribution is 5.99. The van der Waals surface area contributed by atoms with Crippen LogP contribution in [0.3, 0.4) is 0 Å². The third-order valence-corrected chi connectivity index (χ3v) is 5.52. The number of aliphatic hydroxyl groups is 1. The highest BCUT2D eigenvalue weighted by Crippen LogP contribution is 2.39. The number of halogens is 3. The van der Waals surface area contributed by atoms with Gasteiger partial charge in [-0.3, -0.25) is 19.7 Å². The average molecular weight is 489 g/mol. The predicted molar refractivity (Wildman–Crippen MR) is 116 cm³/mol. The van der Waals surface area contributed by atoms with Gasteiger partial charge in [-0.1, -0.05) is 6.07 Å². The summed E-state index contributed by atoms with van der Waals surface area (Å²) in [6.45, 7) is 1.42. The third-order valence-electron chi connectivity index (χ3n) is 5.52. The molecular weight excluding hydrogens is 467 g/mol. The van der Waals surface area contributed by atoms with Crippen LogP contribution >= 0.6 is 0 Å². The molecule has 0 radical (unpaired) electrons. The Labute approximate surface area is 197 Å². The van der Waals surface area contributed by atoms with Crippen LogP contribution in [0.25, 0.3) is 0 Å². The monoisotopic (exact) mass is 489 g/mol. The van der Waals surface area contributed by atoms with Crippen LogP contribution < -0.4 is 15.4 Å². The first-order valence-electron chi connectivity index (χ1n) is 10.7. The molecule has 0 spiro atoms. The quantitative estimate of drug-likeness (QED) is 0.385. The van der Waals surface area contributed by atoms with E-state index in [0.29, 0.717) is 18.5 Å². The largest absolute Gasteiger partial charge is 0.455 e. The van der Waals surface area contributed by atoms with E-state index in [1.165, 1.54) is 43.6 Å². The topological polar surface area (TPSA) is 129 Å². The van der Waals surface area contributed by atoms with Crippen molar-refractivity contribution in [2.75, 3.05) is 0 Å². The Morgan fingerprint density at radius 1 is 1.23 bits per heavy atom. The van der Waals surface area contributed by atoms with E-state index in [1.807, 2.05) is 0 Å². The van der Waals surface area contributed by atoms with Gasteiger partial charge in [0.05, 0.1) is 30.1 Å². The lowest BCUT2D eigenvalue weighted by Gasteiger charge is -2.17. The number of amides is 2. The molecule has 0 saturated heterocycles. The maximum atomic E-state index is 13.4. The van der Waals surface area contributed by atoms with Crippen molar-refractivity contribution in [3.63, 3.8) is 0 Å². The zero-order valence-corrected chi connectivity index (χ0v) is 18.5. The van der Waals surface area contributed by atoms with Crippen LogP contribution in [0.2, 0.25) is 0 Å². The predicted octanol–water partition coefficient (Wildman–Crippen LogP) is 3.25. The smallest absolute Gasteiger partial charge is 0.419 e. The summed E-state index contributed by atoms with van der Waals surface area (Å²) in [5, 5.41) is 21.3. The van der Waals surface area contributed by atoms with Crippen molar-refractivity contribution in [1.82, 2.24) is 25.8 Å². The minimum Gasteiger partial charge on any atom is -0.455 e. The second-order valence-corrected chi connectivity index (χ2v) is 8.20. The van der Waals surface area contributed by atoms with Gasteiger partial charge in [-0.25, -0.2) is 0 Å². The van der Waals surface area contributed by atoms with E-state index in [0.717, 1.165) is 12.1 Å². The van der Waals surface area contributed by atoms with E-state index in [2.05, 4.69) is 25.8 Å². The summed E-state index contributed by atoms with van der Waals surface area (Å²) in [6, 6.07) is 7.78. The molecule has 184 valence electrons. The van der Waals surface area contributed by atoms with E-state index in [-0.39, 0.29) is 29.5 Å². The third kappa shape index (κ3) is 5.60. The van der Waals surface area contributed by atoms with Crippen LogP contribution in [0, 0.1) is 0 Å². The van der Waals surface area contributed by atoms with Crippen molar-refractivity contribution < 1.29 is 32.6 Å². The summed E-state index contributed by atoms with van der Waals surface area (Å²) >= 11 is 0. The summed E-state index contributed by atoms with van der Waals surface area (Å²) < 4.78 is 45.7. The Hall–Kier alpha value is -3.93. The molecule has 1 aliphatic rings. The van der Waals surface area contributed by atoms with Gasteiger partial charge in [0, 0.05) is 6.20 Å². The standard InChI is InChI=1S/C23H22F3N5O4/c1-13(32)14-2-5-19(17(10-14)23(24,25)26)35-16-4-3-15(27-12-16)11-28-21(34)22(7-8-22)30-20(33)18-6-9-29-31-18/h2-6,9-10,12-13,32H,7-8,11H2,1H3,(H,28,34)(H,29,31)(H,30,33). The molecule has 1 saturated carbocycles. The van der Waals surface area contributed by atoms with Crippen molar-refractivity contribution in [1.29, 1.82) is 0 Å². The van der Waals surface area contributed by atoms with Gasteiger partial charge in [-0.05, 0) is 55.7 Å². The summed E-state index contributed by atoms with van der Waals surface area (Å²) in [6.07, 6.45) is -2.01. The number of pyridine rings is 1. The molecule has 35 heavy (non-hydrogen) atoms. The number of carbonyl (C=O) groups excluding carboxylic acids is 2. The van der Waals surface area contributed by atoms with Gasteiger partial charge in [-0.2, -0.15) is 18.3 Å². The lowest BCUT2D eigenvalue weighted by Crippen LogP contribution is -2.48. The number of hydrogen-bond acceptors (Lipinski definition) is 6. The number of rotatable bonds is 8. The van der Waals surface area contributed by atoms with Crippen molar-refractivity contribution in [2.45, 2.75) is 44.1 Å². The molecule has 4 N–H and O–H groups in total. The fourth-order valence-electron chi connectivity index (χ4n) is 3.36. The number of benzene rings is 1. The second-order valence-electron chi connectivity index (χ2n) is 8.20. The molecule has 1 unspecified atom stereocenters. The van der Waals surface area contributed by atoms with Crippen LogP contribution in [-0.4, -0.2) is 37.6 Å². The number of aromatic amines is 1. The Morgan fingerprint density at radius 2 is 2.00 bits per heavy atom. The van der Waals surface area contributed by atoms with E-state index in [9.17, 15) is 27.9 Å². The van der Waals surface area contributed by atoms with Gasteiger partial charge in [-0.15, -0.1) is 0 Å². The van der Waals surface area contributed by atoms with Gasteiger partial charge in [0.1, 0.15) is 22.7 Å². The molecule has 4 rings (SSSR count). The molecule has 2 aromatic heterocycles. The zero-order chi connectivity index (χ0) is 25.2. The average Bonchev–Trinajstić information content (AvgIpc) is 3.38. The van der Waals surface area contributed by atoms with Crippen LogP contribution in [0.15, 0.2) is 48.8 Å². The molecule has 1 fully saturated rings. The van der Waals surface area contributed by atoms with Gasteiger partial charge in [0.15, 0.2) is 0 Å². The Kier molecular flexibility index (Phi) is 6.48. The minimum absolute atomic E-state index is 0.0516. The molecule has 9 nitrogen and oxygen atoms in total. The maximum Gasteiger partial charge on any atom is 0.419 e. The molecule has 0 bridgehead atoms. The Morgan fingerprint density at radius 3 is 2.57 bits per heavy atom. The van der Waals surface area contributed by atoms with Crippen molar-refractivity contribution in [2.24, 2.45) is 0 Å². The van der Waals surface area contributed by atoms with E-state index >= 15 is 0 Å². The summed E-state index contributed by atoms with van der Waals surface area (Å²) in [7, 11) is 0. The molecule has 1 aromatic carbocycles. The number of nitrogens with one attached hydrogen (secondary N) is 3. The number of hydrogen-bond donors (Lipinski definition) is 4. The Bertz CT molecular complexity index is 1210. The van der Waals surface area contributed by atoms with Gasteiger partial charge >= 0.3 is 6.18 Å². The number of aromatic nitrogens is 3. The molecule has 1 atom stereocenters. The number of ether oxygens (including phenoxy) is 1. The SMILES string of the molecule is CC(O)c1ccc(Oc2ccc(CNC(=O)C3(NC(=O)c4cc[nH]n4)CC3)nc2)c(C(F)(F)F)c1. The second kappa shape index (κ2) is 9.37. The number of carbonyl (C=O) groups is 2. The fraction of sp³-hybridized carbons (Fsp3) is 0.304. The lowest BCUT2D eigenvalue weighted by molar-refractivity contribution is -0.138. The molecule has 2 amide bonds. The molecule has 12 heteroatoms. The van der Waals surface area contributed by atoms with Gasteiger partial charge < -0.3 is 20.5 Å². The molecule has 2 heterocycles. The first-order chi connectivity index (χ1) is 16.6. The van der Waals surface area contributed by atoms with Crippen molar-refractivity contribution >= 4 is 11.8 Å². The highest BCUT2D eigenvalue weighted by Gasteiger charge is 2.51. The normalized spacial score (nSPS) is 15.2. The number of aliphatic hydroxyl groups excluding tert-OH is 1. The molecular formula is C23H22F3N5O4.